The van der Waals surface area contributed by atoms with Gasteiger partial charge in [-0.3, -0.25) is 9.78 Å². The summed E-state index contributed by atoms with van der Waals surface area (Å²) in [6, 6.07) is 8.04. The fourth-order valence-electron chi connectivity index (χ4n) is 4.25. The van der Waals surface area contributed by atoms with Gasteiger partial charge in [0.15, 0.2) is 17.3 Å². The summed E-state index contributed by atoms with van der Waals surface area (Å²) in [4.78, 5) is 35.2. The maximum Gasteiger partial charge on any atom is 0.271 e. The second-order valence-corrected chi connectivity index (χ2v) is 8.61. The third-order valence-corrected chi connectivity index (χ3v) is 6.24. The first-order chi connectivity index (χ1) is 16.9. The predicted molar refractivity (Wildman–Crippen MR) is 137 cm³/mol. The van der Waals surface area contributed by atoms with E-state index >= 15 is 0 Å². The van der Waals surface area contributed by atoms with E-state index in [2.05, 4.69) is 53.5 Å². The van der Waals surface area contributed by atoms with Crippen LogP contribution in [0.1, 0.15) is 10.5 Å². The number of nitrogens with one attached hydrogen (secondary N) is 2. The van der Waals surface area contributed by atoms with Crippen LogP contribution in [0.5, 0.6) is 0 Å². The van der Waals surface area contributed by atoms with Crippen LogP contribution in [0.15, 0.2) is 43.0 Å². The number of aryl methyl sites for hydroxylation is 1. The van der Waals surface area contributed by atoms with E-state index in [1.54, 1.807) is 25.8 Å². The van der Waals surface area contributed by atoms with E-state index in [0.29, 0.717) is 22.6 Å². The maximum atomic E-state index is 12.4. The fraction of sp³-hybridized carbons (Fsp3) is 0.292. The molecule has 0 unspecified atom stereocenters. The lowest BCUT2D eigenvalue weighted by Gasteiger charge is -2.34. The highest BCUT2D eigenvalue weighted by molar-refractivity contribution is 5.99. The number of aromatic nitrogens is 5. The van der Waals surface area contributed by atoms with Crippen molar-refractivity contribution in [3.63, 3.8) is 0 Å². The maximum absolute atomic E-state index is 12.4. The third kappa shape index (κ3) is 4.33. The Hall–Kier alpha value is -4.25. The summed E-state index contributed by atoms with van der Waals surface area (Å²) in [7, 11) is 5.78. The van der Waals surface area contributed by atoms with Crippen molar-refractivity contribution >= 4 is 40.0 Å². The molecule has 0 spiro atoms. The number of rotatable bonds is 6. The molecule has 0 radical (unpaired) electrons. The van der Waals surface area contributed by atoms with E-state index in [1.807, 2.05) is 29.8 Å². The van der Waals surface area contributed by atoms with E-state index in [9.17, 15) is 4.79 Å². The Bertz CT molecular complexity index is 1390. The first kappa shape index (κ1) is 22.5. The standard InChI is InChI=1S/C24H28N10O/c1-26-23-20(17-12-27-13-18-19(17)28-14-33(18)3)30-21(22(25)35)24(31-23)29-15-5-4-6-16(11-15)34-9-7-32(2)8-10-34/h4-6,11-14H,7-10H2,1-3H3,(H2,25,35)(H2,26,29,31). The molecule has 35 heavy (non-hydrogen) atoms. The van der Waals surface area contributed by atoms with Crippen LogP contribution in [-0.2, 0) is 7.05 Å². The minimum atomic E-state index is -0.680. The van der Waals surface area contributed by atoms with Gasteiger partial charge in [0, 0.05) is 57.8 Å². The number of primary amides is 1. The molecule has 4 heterocycles. The minimum Gasteiger partial charge on any atom is -0.371 e. The van der Waals surface area contributed by atoms with Crippen LogP contribution in [0, 0.1) is 0 Å². The number of likely N-dealkylation sites (N-methyl/N-ethyl adjacent to an activating group) is 1. The molecule has 1 aromatic carbocycles. The van der Waals surface area contributed by atoms with Crippen LogP contribution < -0.4 is 21.3 Å². The lowest BCUT2D eigenvalue weighted by molar-refractivity contribution is 0.0996. The van der Waals surface area contributed by atoms with Crippen LogP contribution >= 0.6 is 0 Å². The van der Waals surface area contributed by atoms with Crippen molar-refractivity contribution in [3.05, 3.63) is 48.7 Å². The van der Waals surface area contributed by atoms with Crippen molar-refractivity contribution in [2.24, 2.45) is 12.8 Å². The molecule has 11 nitrogen and oxygen atoms in total. The van der Waals surface area contributed by atoms with E-state index in [4.69, 9.17) is 5.73 Å². The summed E-state index contributed by atoms with van der Waals surface area (Å²) in [6.07, 6.45) is 5.11. The summed E-state index contributed by atoms with van der Waals surface area (Å²) in [6.45, 7) is 3.94. The molecule has 1 amide bonds. The van der Waals surface area contributed by atoms with Gasteiger partial charge in [-0.05, 0) is 25.2 Å². The Morgan fingerprint density at radius 1 is 1.06 bits per heavy atom. The SMILES string of the molecule is CNc1nc(Nc2cccc(N3CCN(C)CC3)c2)c(C(N)=O)nc1-c1cncc2c1ncn2C. The van der Waals surface area contributed by atoms with Crippen LogP contribution in [0.3, 0.4) is 0 Å². The second-order valence-electron chi connectivity index (χ2n) is 8.61. The zero-order valence-corrected chi connectivity index (χ0v) is 20.0. The number of carbonyl (C=O) groups excluding carboxylic acids is 1. The molecule has 5 rings (SSSR count). The highest BCUT2D eigenvalue weighted by Gasteiger charge is 2.21. The molecule has 0 bridgehead atoms. The molecule has 1 aliphatic rings. The molecule has 1 aliphatic heterocycles. The first-order valence-electron chi connectivity index (χ1n) is 11.4. The number of hydrogen-bond acceptors (Lipinski definition) is 9. The van der Waals surface area contributed by atoms with Gasteiger partial charge in [0.25, 0.3) is 5.91 Å². The molecule has 180 valence electrons. The minimum absolute atomic E-state index is 0.0388. The normalized spacial score (nSPS) is 14.3. The lowest BCUT2D eigenvalue weighted by Crippen LogP contribution is -2.44. The summed E-state index contributed by atoms with van der Waals surface area (Å²) in [5.74, 6) is 0.0789. The van der Waals surface area contributed by atoms with Gasteiger partial charge < -0.3 is 30.7 Å². The number of nitrogens with zero attached hydrogens (tertiary/aromatic N) is 7. The van der Waals surface area contributed by atoms with Gasteiger partial charge in [-0.25, -0.2) is 15.0 Å². The first-order valence-corrected chi connectivity index (χ1v) is 11.4. The van der Waals surface area contributed by atoms with Crippen LogP contribution in [0.2, 0.25) is 0 Å². The number of imidazole rings is 1. The van der Waals surface area contributed by atoms with Gasteiger partial charge in [0.05, 0.1) is 23.6 Å². The van der Waals surface area contributed by atoms with Crippen molar-refractivity contribution in [3.8, 4) is 11.3 Å². The van der Waals surface area contributed by atoms with Crippen molar-refractivity contribution in [1.29, 1.82) is 0 Å². The van der Waals surface area contributed by atoms with E-state index in [0.717, 1.165) is 43.1 Å². The number of carbonyl (C=O) groups is 1. The molecule has 1 saturated heterocycles. The summed E-state index contributed by atoms with van der Waals surface area (Å²) in [5.41, 5.74) is 10.3. The monoisotopic (exact) mass is 472 g/mol. The number of benzene rings is 1. The molecule has 0 aliphatic carbocycles. The van der Waals surface area contributed by atoms with Crippen molar-refractivity contribution in [1.82, 2.24) is 29.4 Å². The Morgan fingerprint density at radius 2 is 1.86 bits per heavy atom. The van der Waals surface area contributed by atoms with Crippen molar-refractivity contribution < 1.29 is 4.79 Å². The average Bonchev–Trinajstić information content (AvgIpc) is 3.25. The van der Waals surface area contributed by atoms with E-state index < -0.39 is 5.91 Å². The highest BCUT2D eigenvalue weighted by Crippen LogP contribution is 2.32. The lowest BCUT2D eigenvalue weighted by atomic mass is 10.1. The van der Waals surface area contributed by atoms with Gasteiger partial charge in [0.2, 0.25) is 0 Å². The average molecular weight is 473 g/mol. The molecule has 4 N–H and O–H groups in total. The molecule has 11 heteroatoms. The number of pyridine rings is 1. The largest absolute Gasteiger partial charge is 0.371 e. The molecule has 1 fully saturated rings. The number of anilines is 4. The van der Waals surface area contributed by atoms with Crippen LogP contribution in [0.4, 0.5) is 23.0 Å². The zero-order valence-electron chi connectivity index (χ0n) is 20.0. The van der Waals surface area contributed by atoms with Crippen LogP contribution in [-0.4, -0.2) is 75.6 Å². The summed E-state index contributed by atoms with van der Waals surface area (Å²) < 4.78 is 1.87. The van der Waals surface area contributed by atoms with Gasteiger partial charge in [0.1, 0.15) is 11.2 Å². The molecule has 3 aromatic heterocycles. The number of amides is 1. The Morgan fingerprint density at radius 3 is 2.60 bits per heavy atom. The van der Waals surface area contributed by atoms with E-state index in [1.165, 1.54) is 0 Å². The zero-order chi connectivity index (χ0) is 24.5. The third-order valence-electron chi connectivity index (χ3n) is 6.24. The number of fused-ring (bicyclic) bond motifs is 1. The van der Waals surface area contributed by atoms with Crippen molar-refractivity contribution in [2.45, 2.75) is 0 Å². The molecule has 4 aromatic rings. The topological polar surface area (TPSA) is 130 Å². The van der Waals surface area contributed by atoms with E-state index in [-0.39, 0.29) is 11.5 Å². The quantitative estimate of drug-likeness (QED) is 0.386. The summed E-state index contributed by atoms with van der Waals surface area (Å²) >= 11 is 0. The number of hydrogen-bond donors (Lipinski definition) is 3. The highest BCUT2D eigenvalue weighted by atomic mass is 16.1. The smallest absolute Gasteiger partial charge is 0.271 e. The van der Waals surface area contributed by atoms with Gasteiger partial charge in [-0.1, -0.05) is 6.07 Å². The molecular weight excluding hydrogens is 444 g/mol. The summed E-state index contributed by atoms with van der Waals surface area (Å²) in [5, 5.41) is 6.33. The second kappa shape index (κ2) is 9.18. The van der Waals surface area contributed by atoms with Gasteiger partial charge in [-0.15, -0.1) is 0 Å². The fourth-order valence-corrected chi connectivity index (χ4v) is 4.25. The van der Waals surface area contributed by atoms with Crippen LogP contribution in [0.25, 0.3) is 22.3 Å². The number of piperazine rings is 1. The van der Waals surface area contributed by atoms with Gasteiger partial charge >= 0.3 is 0 Å². The molecule has 0 atom stereocenters. The number of nitrogens with two attached hydrogens (primary N) is 1. The Labute approximate surface area is 203 Å². The molecule has 0 saturated carbocycles. The Balaban J connectivity index is 1.53. The van der Waals surface area contributed by atoms with Crippen molar-refractivity contribution in [2.75, 3.05) is 55.8 Å². The molecular formula is C24H28N10O. The van der Waals surface area contributed by atoms with Gasteiger partial charge in [-0.2, -0.15) is 0 Å². The Kier molecular flexibility index (Phi) is 5.91. The predicted octanol–water partition coefficient (Wildman–Crippen LogP) is 2.06.